The van der Waals surface area contributed by atoms with Crippen LogP contribution in [-0.2, 0) is 0 Å². The molecule has 5 rings (SSSR count). The van der Waals surface area contributed by atoms with E-state index in [-0.39, 0.29) is 11.9 Å². The number of hydrogen-bond acceptors (Lipinski definition) is 5. The minimum Gasteiger partial charge on any atom is -0.463 e. The number of pyridine rings is 1. The van der Waals surface area contributed by atoms with Gasteiger partial charge in [0.15, 0.2) is 0 Å². The maximum atomic E-state index is 13.4. The fourth-order valence-electron chi connectivity index (χ4n) is 3.70. The molecule has 0 unspecified atom stereocenters. The van der Waals surface area contributed by atoms with Crippen LogP contribution in [0.5, 0.6) is 17.6 Å². The lowest BCUT2D eigenvalue weighted by molar-refractivity contribution is 0.169. The largest absolute Gasteiger partial charge is 0.463 e. The highest BCUT2D eigenvalue weighted by Gasteiger charge is 2.24. The summed E-state index contributed by atoms with van der Waals surface area (Å²) < 4.78 is 25.5. The first-order valence-corrected chi connectivity index (χ1v) is 12.2. The summed E-state index contributed by atoms with van der Waals surface area (Å²) in [7, 11) is 0. The van der Waals surface area contributed by atoms with E-state index in [9.17, 15) is 4.39 Å². The number of halogens is 4. The molecule has 1 aliphatic carbocycles. The monoisotopic (exact) mass is 529 g/mol. The zero-order chi connectivity index (χ0) is 24.4. The molecule has 0 bridgehead atoms. The van der Waals surface area contributed by atoms with E-state index < -0.39 is 5.95 Å². The second-order valence-corrected chi connectivity index (χ2v) is 9.47. The van der Waals surface area contributed by atoms with Gasteiger partial charge in [0.05, 0.1) is 29.1 Å². The third kappa shape index (κ3) is 5.50. The summed E-state index contributed by atoms with van der Waals surface area (Å²) in [6, 6.07) is 15.2. The van der Waals surface area contributed by atoms with Crippen molar-refractivity contribution in [3.8, 4) is 40.0 Å². The van der Waals surface area contributed by atoms with E-state index in [2.05, 4.69) is 9.97 Å². The Hall–Kier alpha value is -2.93. The molecule has 5 nitrogen and oxygen atoms in total. The second-order valence-electron chi connectivity index (χ2n) is 8.19. The molecule has 0 atom stereocenters. The van der Waals surface area contributed by atoms with Gasteiger partial charge in [0.25, 0.3) is 0 Å². The number of nitrogens with zero attached hydrogens (tertiary/aromatic N) is 3. The Labute approximate surface area is 216 Å². The molecule has 35 heavy (non-hydrogen) atoms. The number of ether oxygens (including phenoxy) is 2. The van der Waals surface area contributed by atoms with Crippen molar-refractivity contribution in [1.29, 1.82) is 0 Å². The topological polar surface area (TPSA) is 57.1 Å². The lowest BCUT2D eigenvalue weighted by atomic mass is 9.86. The van der Waals surface area contributed by atoms with Crippen LogP contribution in [0.1, 0.15) is 19.3 Å². The molecule has 9 heteroatoms. The van der Waals surface area contributed by atoms with Crippen LogP contribution in [-0.4, -0.2) is 21.6 Å². The van der Waals surface area contributed by atoms with Crippen molar-refractivity contribution in [2.75, 3.05) is 6.61 Å². The molecule has 0 spiro atoms. The Balaban J connectivity index is 1.69. The highest BCUT2D eigenvalue weighted by atomic mass is 35.5. The normalized spacial score (nSPS) is 13.4. The van der Waals surface area contributed by atoms with Crippen molar-refractivity contribution in [2.24, 2.45) is 5.92 Å². The van der Waals surface area contributed by atoms with Gasteiger partial charge in [-0.25, -0.2) is 4.98 Å². The quantitative estimate of drug-likeness (QED) is 0.225. The molecule has 2 heterocycles. The Kier molecular flexibility index (Phi) is 7.04. The van der Waals surface area contributed by atoms with Gasteiger partial charge in [-0.1, -0.05) is 53.4 Å². The molecule has 0 aliphatic heterocycles. The molecule has 0 amide bonds. The van der Waals surface area contributed by atoms with E-state index in [0.29, 0.717) is 50.2 Å². The van der Waals surface area contributed by atoms with Crippen molar-refractivity contribution >= 4 is 34.8 Å². The van der Waals surface area contributed by atoms with Crippen LogP contribution in [0.3, 0.4) is 0 Å². The first-order valence-electron chi connectivity index (χ1n) is 11.0. The van der Waals surface area contributed by atoms with Crippen LogP contribution in [0.2, 0.25) is 15.1 Å². The van der Waals surface area contributed by atoms with Gasteiger partial charge in [-0.3, -0.25) is 0 Å². The summed E-state index contributed by atoms with van der Waals surface area (Å²) in [5.74, 6) is 0.373. The summed E-state index contributed by atoms with van der Waals surface area (Å²) in [4.78, 5) is 13.0. The van der Waals surface area contributed by atoms with Crippen molar-refractivity contribution in [1.82, 2.24) is 15.0 Å². The van der Waals surface area contributed by atoms with Crippen molar-refractivity contribution < 1.29 is 13.9 Å². The molecule has 0 radical (unpaired) electrons. The van der Waals surface area contributed by atoms with E-state index >= 15 is 0 Å². The van der Waals surface area contributed by atoms with Gasteiger partial charge in [-0.05, 0) is 66.8 Å². The van der Waals surface area contributed by atoms with Crippen LogP contribution < -0.4 is 9.47 Å². The zero-order valence-electron chi connectivity index (χ0n) is 18.3. The van der Waals surface area contributed by atoms with Gasteiger partial charge < -0.3 is 9.47 Å². The van der Waals surface area contributed by atoms with Crippen LogP contribution in [0.15, 0.2) is 60.8 Å². The summed E-state index contributed by atoms with van der Waals surface area (Å²) in [5, 5.41) is 1.48. The summed E-state index contributed by atoms with van der Waals surface area (Å²) in [6.45, 7) is 0.506. The highest BCUT2D eigenvalue weighted by molar-refractivity contribution is 6.36. The van der Waals surface area contributed by atoms with Gasteiger partial charge in [0.1, 0.15) is 5.75 Å². The molecule has 2 aromatic heterocycles. The van der Waals surface area contributed by atoms with E-state index in [1.807, 2.05) is 12.1 Å². The third-order valence-corrected chi connectivity index (χ3v) is 6.56. The van der Waals surface area contributed by atoms with Crippen molar-refractivity contribution in [3.63, 3.8) is 0 Å². The third-order valence-electron chi connectivity index (χ3n) is 5.76. The molecule has 1 saturated carbocycles. The first-order chi connectivity index (χ1) is 17.0. The number of hydrogen-bond donors (Lipinski definition) is 0. The van der Waals surface area contributed by atoms with E-state index in [1.54, 1.807) is 30.3 Å². The predicted molar refractivity (Wildman–Crippen MR) is 135 cm³/mol. The van der Waals surface area contributed by atoms with Gasteiger partial charge in [-0.2, -0.15) is 14.4 Å². The van der Waals surface area contributed by atoms with Gasteiger partial charge in [0, 0.05) is 15.6 Å². The maximum absolute atomic E-state index is 13.4. The summed E-state index contributed by atoms with van der Waals surface area (Å²) >= 11 is 18.9. The van der Waals surface area contributed by atoms with Crippen LogP contribution in [0, 0.1) is 11.9 Å². The number of aromatic nitrogens is 3. The molecule has 0 saturated heterocycles. The first kappa shape index (κ1) is 23.8. The van der Waals surface area contributed by atoms with Gasteiger partial charge >= 0.3 is 6.01 Å². The molecular formula is C26H19Cl3FN3O2. The molecule has 1 aliphatic rings. The Morgan fingerprint density at radius 1 is 0.914 bits per heavy atom. The number of rotatable bonds is 7. The lowest BCUT2D eigenvalue weighted by Crippen LogP contribution is -2.20. The predicted octanol–water partition coefficient (Wildman–Crippen LogP) is 8.28. The van der Waals surface area contributed by atoms with E-state index in [1.165, 1.54) is 24.8 Å². The zero-order valence-corrected chi connectivity index (χ0v) is 20.6. The number of benzene rings is 2. The minimum atomic E-state index is -0.615. The van der Waals surface area contributed by atoms with Crippen molar-refractivity contribution in [2.45, 2.75) is 19.3 Å². The Morgan fingerprint density at radius 2 is 1.69 bits per heavy atom. The van der Waals surface area contributed by atoms with E-state index in [4.69, 9.17) is 49.3 Å². The average Bonchev–Trinajstić information content (AvgIpc) is 2.80. The molecule has 178 valence electrons. The Morgan fingerprint density at radius 3 is 2.34 bits per heavy atom. The lowest BCUT2D eigenvalue weighted by Gasteiger charge is -2.25. The van der Waals surface area contributed by atoms with Crippen LogP contribution in [0.25, 0.3) is 22.4 Å². The Bertz CT molecular complexity index is 1350. The average molecular weight is 531 g/mol. The van der Waals surface area contributed by atoms with Crippen LogP contribution in [0.4, 0.5) is 4.39 Å². The van der Waals surface area contributed by atoms with E-state index in [0.717, 1.165) is 18.4 Å². The second kappa shape index (κ2) is 10.4. The summed E-state index contributed by atoms with van der Waals surface area (Å²) in [5.41, 5.74) is 2.42. The van der Waals surface area contributed by atoms with Gasteiger partial charge in [-0.15, -0.1) is 0 Å². The fourth-order valence-corrected chi connectivity index (χ4v) is 4.32. The molecular weight excluding hydrogens is 512 g/mol. The SMILES string of the molecule is Fc1ccc(Oc2nc(OCC3CCC3)nc(-c3ccc(Cl)cc3Cl)c2-c2ccc(Cl)cc2)cn1. The van der Waals surface area contributed by atoms with Crippen molar-refractivity contribution in [3.05, 3.63) is 81.8 Å². The smallest absolute Gasteiger partial charge is 0.320 e. The minimum absolute atomic E-state index is 0.153. The molecule has 0 N–H and O–H groups in total. The maximum Gasteiger partial charge on any atom is 0.320 e. The summed E-state index contributed by atoms with van der Waals surface area (Å²) in [6.07, 6.45) is 4.71. The fraction of sp³-hybridized carbons (Fsp3) is 0.192. The molecule has 4 aromatic rings. The highest BCUT2D eigenvalue weighted by Crippen LogP contribution is 2.43. The molecule has 1 fully saturated rings. The standard InChI is InChI=1S/C26H19Cl3FN3O2/c27-17-6-4-16(5-7-17)23-24(20-10-8-18(28)12-21(20)29)32-26(34-14-15-2-1-3-15)33-25(23)35-19-9-11-22(30)31-13-19/h4-13,15H,1-3,14H2. The van der Waals surface area contributed by atoms with Gasteiger partial charge in [0.2, 0.25) is 11.8 Å². The van der Waals surface area contributed by atoms with Crippen LogP contribution >= 0.6 is 34.8 Å². The molecule has 2 aromatic carbocycles.